The van der Waals surface area contributed by atoms with E-state index in [9.17, 15) is 10.2 Å². The lowest BCUT2D eigenvalue weighted by atomic mass is 9.99. The first-order valence-corrected chi connectivity index (χ1v) is 10.6. The molecular weight excluding hydrogens is 376 g/mol. The lowest BCUT2D eigenvalue weighted by Crippen LogP contribution is -2.59. The molecule has 152 valence electrons. The molecule has 2 N–H and O–H groups in total. The van der Waals surface area contributed by atoms with Crippen LogP contribution in [0.25, 0.3) is 0 Å². The van der Waals surface area contributed by atoms with Crippen LogP contribution >= 0.6 is 11.8 Å². The molecule has 6 heteroatoms. The monoisotopic (exact) mass is 404 g/mol. The summed E-state index contributed by atoms with van der Waals surface area (Å²) < 4.78 is 18.2. The Morgan fingerprint density at radius 2 is 1.43 bits per heavy atom. The third-order valence-corrected chi connectivity index (χ3v) is 5.74. The van der Waals surface area contributed by atoms with Crippen molar-refractivity contribution in [1.82, 2.24) is 0 Å². The molecule has 1 fully saturated rings. The number of aliphatic hydroxyl groups excluding tert-OH is 2. The first-order valence-electron chi connectivity index (χ1n) is 9.60. The minimum Gasteiger partial charge on any atom is -0.394 e. The van der Waals surface area contributed by atoms with Crippen LogP contribution in [0, 0.1) is 0 Å². The number of thioether (sulfide) groups is 1. The van der Waals surface area contributed by atoms with Gasteiger partial charge in [0.25, 0.3) is 0 Å². The maximum atomic E-state index is 10.8. The van der Waals surface area contributed by atoms with Gasteiger partial charge in [0.05, 0.1) is 19.8 Å². The summed E-state index contributed by atoms with van der Waals surface area (Å²) in [5.41, 5.74) is 1.74. The summed E-state index contributed by atoms with van der Waals surface area (Å²) in [4.78, 5) is 0. The van der Waals surface area contributed by atoms with Crippen molar-refractivity contribution in [1.29, 1.82) is 0 Å². The maximum Gasteiger partial charge on any atom is 0.132 e. The van der Waals surface area contributed by atoms with E-state index in [1.165, 1.54) is 0 Å². The maximum absolute atomic E-state index is 10.8. The molecule has 2 aromatic rings. The average molecular weight is 405 g/mol. The second kappa shape index (κ2) is 11.0. The van der Waals surface area contributed by atoms with Gasteiger partial charge in [-0.15, -0.1) is 11.8 Å². The van der Waals surface area contributed by atoms with Crippen molar-refractivity contribution in [2.75, 3.05) is 12.4 Å². The molecule has 5 atom stereocenters. The van der Waals surface area contributed by atoms with Gasteiger partial charge in [-0.05, 0) is 16.9 Å². The summed E-state index contributed by atoms with van der Waals surface area (Å²) in [5.74, 6) is 0.829. The molecular formula is C22H28O5S. The van der Waals surface area contributed by atoms with E-state index in [-0.39, 0.29) is 12.0 Å². The average Bonchev–Trinajstić information content (AvgIpc) is 2.74. The van der Waals surface area contributed by atoms with Gasteiger partial charge in [-0.3, -0.25) is 0 Å². The van der Waals surface area contributed by atoms with Crippen molar-refractivity contribution >= 4 is 11.8 Å². The molecule has 0 aromatic heterocycles. The van der Waals surface area contributed by atoms with Gasteiger partial charge in [-0.1, -0.05) is 67.6 Å². The molecule has 28 heavy (non-hydrogen) atoms. The van der Waals surface area contributed by atoms with Crippen molar-refractivity contribution < 1.29 is 24.4 Å². The van der Waals surface area contributed by atoms with Gasteiger partial charge >= 0.3 is 0 Å². The van der Waals surface area contributed by atoms with Crippen molar-refractivity contribution in [3.8, 4) is 0 Å². The van der Waals surface area contributed by atoms with E-state index in [4.69, 9.17) is 14.2 Å². The highest BCUT2D eigenvalue weighted by Gasteiger charge is 2.46. The van der Waals surface area contributed by atoms with Crippen LogP contribution in [0.1, 0.15) is 18.1 Å². The summed E-state index contributed by atoms with van der Waals surface area (Å²) in [6.45, 7) is 2.53. The van der Waals surface area contributed by atoms with E-state index in [0.29, 0.717) is 13.2 Å². The molecule has 0 radical (unpaired) electrons. The Kier molecular flexibility index (Phi) is 8.33. The van der Waals surface area contributed by atoms with E-state index in [2.05, 4.69) is 0 Å². The molecule has 5 nitrogen and oxygen atoms in total. The number of benzene rings is 2. The minimum atomic E-state index is -0.969. The molecule has 0 spiro atoms. The predicted octanol–water partition coefficient (Wildman–Crippen LogP) is 2.99. The molecule has 1 heterocycles. The van der Waals surface area contributed by atoms with Gasteiger partial charge in [-0.25, -0.2) is 0 Å². The first kappa shape index (κ1) is 21.3. The molecule has 2 aromatic carbocycles. The van der Waals surface area contributed by atoms with Crippen molar-refractivity contribution in [2.24, 2.45) is 0 Å². The summed E-state index contributed by atoms with van der Waals surface area (Å²) in [5, 5.41) is 20.4. The van der Waals surface area contributed by atoms with Gasteiger partial charge in [0.2, 0.25) is 0 Å². The zero-order valence-corrected chi connectivity index (χ0v) is 16.8. The molecule has 1 aliphatic rings. The van der Waals surface area contributed by atoms with Crippen molar-refractivity contribution in [2.45, 2.75) is 50.0 Å². The molecule has 0 amide bonds. The van der Waals surface area contributed by atoms with E-state index in [1.54, 1.807) is 11.8 Å². The lowest BCUT2D eigenvalue weighted by Gasteiger charge is -2.43. The number of ether oxygens (including phenoxy) is 3. The molecule has 3 unspecified atom stereocenters. The Morgan fingerprint density at radius 3 is 1.93 bits per heavy atom. The van der Waals surface area contributed by atoms with Crippen LogP contribution < -0.4 is 0 Å². The van der Waals surface area contributed by atoms with Gasteiger partial charge in [0, 0.05) is 0 Å². The number of aliphatic hydroxyl groups is 2. The van der Waals surface area contributed by atoms with E-state index in [1.807, 2.05) is 67.6 Å². The van der Waals surface area contributed by atoms with Crippen LogP contribution in [0.4, 0.5) is 0 Å². The molecule has 0 aliphatic carbocycles. The molecule has 3 rings (SSSR count). The molecule has 0 saturated carbocycles. The van der Waals surface area contributed by atoms with Crippen LogP contribution in [0.3, 0.4) is 0 Å². The van der Waals surface area contributed by atoms with Gasteiger partial charge < -0.3 is 24.4 Å². The highest BCUT2D eigenvalue weighted by molar-refractivity contribution is 7.99. The Hall–Kier alpha value is -1.41. The van der Waals surface area contributed by atoms with Gasteiger partial charge in [-0.2, -0.15) is 0 Å². The van der Waals surface area contributed by atoms with Crippen LogP contribution in [-0.2, 0) is 27.4 Å². The second-order valence-corrected chi connectivity index (χ2v) is 8.07. The SMILES string of the molecule is CCS[C@@H]1OC(CO)[C@@H](O)C(OCc2ccccc2)C1OCc1ccccc1. The molecule has 1 saturated heterocycles. The molecule has 0 bridgehead atoms. The Labute approximate surface area is 170 Å². The normalized spacial score (nSPS) is 27.6. The van der Waals surface area contributed by atoms with Gasteiger partial charge in [0.15, 0.2) is 0 Å². The summed E-state index contributed by atoms with van der Waals surface area (Å²) in [7, 11) is 0. The number of rotatable bonds is 9. The largest absolute Gasteiger partial charge is 0.394 e. The zero-order valence-electron chi connectivity index (χ0n) is 16.0. The Bertz CT molecular complexity index is 640. The van der Waals surface area contributed by atoms with Crippen molar-refractivity contribution in [3.63, 3.8) is 0 Å². The third kappa shape index (κ3) is 5.56. The predicted molar refractivity (Wildman–Crippen MR) is 110 cm³/mol. The second-order valence-electron chi connectivity index (χ2n) is 6.69. The van der Waals surface area contributed by atoms with E-state index < -0.39 is 24.4 Å². The highest BCUT2D eigenvalue weighted by Crippen LogP contribution is 2.33. The van der Waals surface area contributed by atoms with Crippen LogP contribution in [0.2, 0.25) is 0 Å². The fourth-order valence-corrected chi connectivity index (χ4v) is 4.21. The third-order valence-electron chi connectivity index (χ3n) is 4.70. The van der Waals surface area contributed by atoms with Gasteiger partial charge in [0.1, 0.15) is 29.9 Å². The zero-order chi connectivity index (χ0) is 19.8. The number of hydrogen-bond donors (Lipinski definition) is 2. The van der Waals surface area contributed by atoms with Crippen LogP contribution in [-0.4, -0.2) is 52.4 Å². The first-order chi connectivity index (χ1) is 13.7. The van der Waals surface area contributed by atoms with E-state index >= 15 is 0 Å². The van der Waals surface area contributed by atoms with Crippen molar-refractivity contribution in [3.05, 3.63) is 71.8 Å². The topological polar surface area (TPSA) is 68.2 Å². The van der Waals surface area contributed by atoms with Crippen LogP contribution in [0.15, 0.2) is 60.7 Å². The Balaban J connectivity index is 1.75. The smallest absolute Gasteiger partial charge is 0.132 e. The summed E-state index contributed by atoms with van der Waals surface area (Å²) in [6.07, 6.45) is -2.71. The standard InChI is InChI=1S/C22H28O5S/c1-2-28-22-21(26-15-17-11-7-4-8-12-17)20(19(24)18(13-23)27-22)25-14-16-9-5-3-6-10-16/h3-12,18-24H,2,13-15H2,1H3/t18?,19-,20?,21?,22+/m1/s1. The molecule has 1 aliphatic heterocycles. The fraction of sp³-hybridized carbons (Fsp3) is 0.455. The fourth-order valence-electron chi connectivity index (χ4n) is 3.24. The summed E-state index contributed by atoms with van der Waals surface area (Å²) >= 11 is 1.59. The van der Waals surface area contributed by atoms with Crippen LogP contribution in [0.5, 0.6) is 0 Å². The summed E-state index contributed by atoms with van der Waals surface area (Å²) in [6, 6.07) is 19.7. The highest BCUT2D eigenvalue weighted by atomic mass is 32.2. The lowest BCUT2D eigenvalue weighted by molar-refractivity contribution is -0.237. The Morgan fingerprint density at radius 1 is 0.893 bits per heavy atom. The minimum absolute atomic E-state index is 0.265. The van der Waals surface area contributed by atoms with E-state index in [0.717, 1.165) is 16.9 Å². The quantitative estimate of drug-likeness (QED) is 0.670. The number of hydrogen-bond acceptors (Lipinski definition) is 6.